The monoisotopic (exact) mass is 394 g/mol. The molecule has 24 heavy (non-hydrogen) atoms. The molecule has 2 aromatic rings. The Kier molecular flexibility index (Phi) is 6.43. The van der Waals surface area contributed by atoms with Crippen molar-refractivity contribution in [2.75, 3.05) is 20.2 Å². The number of nitrogens with zero attached hydrogens (tertiary/aromatic N) is 1. The summed E-state index contributed by atoms with van der Waals surface area (Å²) in [6.07, 6.45) is 1.54. The summed E-state index contributed by atoms with van der Waals surface area (Å²) in [5.74, 6) is 0.698. The molecule has 2 rings (SSSR count). The van der Waals surface area contributed by atoms with Crippen molar-refractivity contribution < 1.29 is 18.7 Å². The first-order valence-electron chi connectivity index (χ1n) is 7.37. The number of likely N-dealkylation sites (N-methyl/N-ethyl adjacent to an activating group) is 1. The van der Waals surface area contributed by atoms with Crippen LogP contribution in [0.3, 0.4) is 0 Å². The molecule has 2 amide bonds. The van der Waals surface area contributed by atoms with Gasteiger partial charge in [-0.2, -0.15) is 0 Å². The van der Waals surface area contributed by atoms with Crippen molar-refractivity contribution >= 4 is 27.7 Å². The zero-order valence-corrected chi connectivity index (χ0v) is 15.1. The van der Waals surface area contributed by atoms with E-state index in [1.165, 1.54) is 11.2 Å². The minimum atomic E-state index is -0.282. The molecule has 0 aliphatic carbocycles. The second-order valence-electron chi connectivity index (χ2n) is 5.33. The van der Waals surface area contributed by atoms with Crippen LogP contribution >= 0.6 is 15.9 Å². The van der Waals surface area contributed by atoms with Gasteiger partial charge in [-0.3, -0.25) is 9.59 Å². The van der Waals surface area contributed by atoms with Crippen molar-refractivity contribution in [2.24, 2.45) is 0 Å². The van der Waals surface area contributed by atoms with Crippen LogP contribution in [0.25, 0.3) is 0 Å². The maximum Gasteiger partial charge on any atom is 0.260 e. The molecule has 0 fully saturated rings. The lowest BCUT2D eigenvalue weighted by atomic mass is 10.2. The lowest BCUT2D eigenvalue weighted by molar-refractivity contribution is -0.136. The molecule has 7 heteroatoms. The van der Waals surface area contributed by atoms with Gasteiger partial charge in [0.1, 0.15) is 11.5 Å². The van der Waals surface area contributed by atoms with Crippen LogP contribution in [0.1, 0.15) is 11.3 Å². The number of amides is 2. The van der Waals surface area contributed by atoms with E-state index in [-0.39, 0.29) is 25.0 Å². The number of benzene rings is 1. The molecule has 0 radical (unpaired) electrons. The first-order chi connectivity index (χ1) is 11.5. The highest BCUT2D eigenvalue weighted by Gasteiger charge is 2.14. The van der Waals surface area contributed by atoms with E-state index >= 15 is 0 Å². The molecule has 0 atom stereocenters. The first kappa shape index (κ1) is 18.1. The maximum atomic E-state index is 12.1. The third-order valence-electron chi connectivity index (χ3n) is 3.28. The van der Waals surface area contributed by atoms with Gasteiger partial charge in [0.05, 0.1) is 23.8 Å². The summed E-state index contributed by atoms with van der Waals surface area (Å²) in [7, 11) is 1.56. The third kappa shape index (κ3) is 5.42. The highest BCUT2D eigenvalue weighted by molar-refractivity contribution is 9.10. The zero-order chi connectivity index (χ0) is 17.5. The summed E-state index contributed by atoms with van der Waals surface area (Å²) in [6, 6.07) is 9.12. The molecule has 0 spiro atoms. The Morgan fingerprint density at radius 2 is 2.12 bits per heavy atom. The largest absolute Gasteiger partial charge is 0.483 e. The van der Waals surface area contributed by atoms with Crippen molar-refractivity contribution in [3.63, 3.8) is 0 Å². The lowest BCUT2D eigenvalue weighted by Crippen LogP contribution is -2.40. The predicted octanol–water partition coefficient (Wildman–Crippen LogP) is 2.50. The van der Waals surface area contributed by atoms with E-state index in [0.29, 0.717) is 18.1 Å². The average molecular weight is 395 g/mol. The van der Waals surface area contributed by atoms with Gasteiger partial charge in [0.15, 0.2) is 6.61 Å². The Morgan fingerprint density at radius 3 is 2.79 bits per heavy atom. The Balaban J connectivity index is 1.75. The van der Waals surface area contributed by atoms with Crippen LogP contribution in [-0.2, 0) is 16.1 Å². The molecule has 0 aliphatic rings. The number of hydrogen-bond acceptors (Lipinski definition) is 4. The van der Waals surface area contributed by atoms with Gasteiger partial charge < -0.3 is 19.4 Å². The first-order valence-corrected chi connectivity index (χ1v) is 8.17. The molecule has 1 N–H and O–H groups in total. The van der Waals surface area contributed by atoms with E-state index < -0.39 is 0 Å². The predicted molar refractivity (Wildman–Crippen MR) is 92.6 cm³/mol. The fourth-order valence-electron chi connectivity index (χ4n) is 1.93. The summed E-state index contributed by atoms with van der Waals surface area (Å²) in [4.78, 5) is 25.2. The van der Waals surface area contributed by atoms with Crippen LogP contribution < -0.4 is 10.1 Å². The number of furan rings is 1. The van der Waals surface area contributed by atoms with E-state index in [2.05, 4.69) is 21.2 Å². The molecule has 1 aromatic heterocycles. The topological polar surface area (TPSA) is 71.8 Å². The molecule has 0 bridgehead atoms. The number of carbonyl (C=O) groups is 2. The van der Waals surface area contributed by atoms with Crippen LogP contribution in [-0.4, -0.2) is 36.9 Å². The second kappa shape index (κ2) is 8.54. The van der Waals surface area contributed by atoms with Crippen LogP contribution in [0.15, 0.2) is 45.5 Å². The number of nitrogens with one attached hydrogen (secondary N) is 1. The Morgan fingerprint density at radius 1 is 1.33 bits per heavy atom. The second-order valence-corrected chi connectivity index (χ2v) is 6.18. The molecular formula is C17H19BrN2O4. The van der Waals surface area contributed by atoms with Crippen molar-refractivity contribution in [3.05, 3.63) is 52.4 Å². The van der Waals surface area contributed by atoms with E-state index in [1.54, 1.807) is 25.2 Å². The number of aryl methyl sites for hydroxylation is 1. The van der Waals surface area contributed by atoms with Gasteiger partial charge in [0.2, 0.25) is 5.91 Å². The number of carbonyl (C=O) groups excluding carboxylic acids is 2. The van der Waals surface area contributed by atoms with Gasteiger partial charge in [0, 0.05) is 7.05 Å². The van der Waals surface area contributed by atoms with Crippen molar-refractivity contribution in [3.8, 4) is 5.75 Å². The van der Waals surface area contributed by atoms with Gasteiger partial charge in [-0.15, -0.1) is 0 Å². The van der Waals surface area contributed by atoms with Gasteiger partial charge in [-0.1, -0.05) is 6.07 Å². The molecule has 0 unspecified atom stereocenters. The number of rotatable bonds is 7. The van der Waals surface area contributed by atoms with Crippen LogP contribution in [0.5, 0.6) is 5.75 Å². The molecule has 128 valence electrons. The molecule has 0 saturated heterocycles. The standard InChI is InChI=1S/C17H19BrN2O4/c1-12-5-6-15(14(18)8-12)24-11-17(22)20(2)10-16(21)19-9-13-4-3-7-23-13/h3-8H,9-11H2,1-2H3,(H,19,21). The average Bonchev–Trinajstić information content (AvgIpc) is 3.05. The van der Waals surface area contributed by atoms with Gasteiger partial charge in [-0.05, 0) is 52.7 Å². The normalized spacial score (nSPS) is 10.3. The van der Waals surface area contributed by atoms with Crippen molar-refractivity contribution in [1.29, 1.82) is 0 Å². The molecular weight excluding hydrogens is 376 g/mol. The molecule has 0 aliphatic heterocycles. The fraction of sp³-hybridized carbons (Fsp3) is 0.294. The Bertz CT molecular complexity index is 701. The fourth-order valence-corrected chi connectivity index (χ4v) is 2.54. The summed E-state index contributed by atoms with van der Waals surface area (Å²) in [5.41, 5.74) is 1.09. The molecule has 1 heterocycles. The van der Waals surface area contributed by atoms with Crippen LogP contribution in [0, 0.1) is 6.92 Å². The number of hydrogen-bond donors (Lipinski definition) is 1. The highest BCUT2D eigenvalue weighted by Crippen LogP contribution is 2.25. The quantitative estimate of drug-likeness (QED) is 0.782. The van der Waals surface area contributed by atoms with E-state index in [4.69, 9.17) is 9.15 Å². The Hall–Kier alpha value is -2.28. The zero-order valence-electron chi connectivity index (χ0n) is 13.5. The molecule has 0 saturated carbocycles. The van der Waals surface area contributed by atoms with Crippen LogP contribution in [0.4, 0.5) is 0 Å². The van der Waals surface area contributed by atoms with Crippen molar-refractivity contribution in [1.82, 2.24) is 10.2 Å². The molecule has 1 aromatic carbocycles. The minimum Gasteiger partial charge on any atom is -0.483 e. The number of ether oxygens (including phenoxy) is 1. The van der Waals surface area contributed by atoms with E-state index in [1.807, 2.05) is 19.1 Å². The van der Waals surface area contributed by atoms with Gasteiger partial charge in [-0.25, -0.2) is 0 Å². The summed E-state index contributed by atoms with van der Waals surface area (Å²) < 4.78 is 11.4. The molecule has 6 nitrogen and oxygen atoms in total. The summed E-state index contributed by atoms with van der Waals surface area (Å²) >= 11 is 3.39. The highest BCUT2D eigenvalue weighted by atomic mass is 79.9. The minimum absolute atomic E-state index is 0.0437. The summed E-state index contributed by atoms with van der Waals surface area (Å²) in [5, 5.41) is 2.69. The smallest absolute Gasteiger partial charge is 0.260 e. The Labute approximate surface area is 148 Å². The SMILES string of the molecule is Cc1ccc(OCC(=O)N(C)CC(=O)NCc2ccco2)c(Br)c1. The van der Waals surface area contributed by atoms with E-state index in [9.17, 15) is 9.59 Å². The van der Waals surface area contributed by atoms with Crippen molar-refractivity contribution in [2.45, 2.75) is 13.5 Å². The third-order valence-corrected chi connectivity index (χ3v) is 3.90. The van der Waals surface area contributed by atoms with Gasteiger partial charge in [0.25, 0.3) is 5.91 Å². The lowest BCUT2D eigenvalue weighted by Gasteiger charge is -2.17. The van der Waals surface area contributed by atoms with E-state index in [0.717, 1.165) is 10.0 Å². The maximum absolute atomic E-state index is 12.1. The van der Waals surface area contributed by atoms with Crippen LogP contribution in [0.2, 0.25) is 0 Å². The van der Waals surface area contributed by atoms with Gasteiger partial charge >= 0.3 is 0 Å². The summed E-state index contributed by atoms with van der Waals surface area (Å²) in [6.45, 7) is 2.08. The number of halogens is 1.